The van der Waals surface area contributed by atoms with E-state index < -0.39 is 0 Å². The lowest BCUT2D eigenvalue weighted by molar-refractivity contribution is 0.0582. The molecule has 2 heterocycles. The van der Waals surface area contributed by atoms with Gasteiger partial charge < -0.3 is 14.6 Å². The third kappa shape index (κ3) is 1.95. The molecule has 1 aliphatic rings. The molecule has 1 N–H and O–H groups in total. The largest absolute Gasteiger partial charge is 0.438 e. The van der Waals surface area contributed by atoms with E-state index in [9.17, 15) is 4.79 Å². The van der Waals surface area contributed by atoms with Gasteiger partial charge in [0.05, 0.1) is 11.7 Å². The summed E-state index contributed by atoms with van der Waals surface area (Å²) in [4.78, 5) is 18.0. The molecule has 1 aliphatic heterocycles. The number of nitrogens with zero attached hydrogens (tertiary/aromatic N) is 2. The number of amides is 1. The van der Waals surface area contributed by atoms with E-state index in [4.69, 9.17) is 4.42 Å². The topological polar surface area (TPSA) is 58.4 Å². The number of nitrogens with one attached hydrogen (secondary N) is 1. The van der Waals surface area contributed by atoms with E-state index >= 15 is 0 Å². The number of oxazole rings is 1. The summed E-state index contributed by atoms with van der Waals surface area (Å²) in [6.07, 6.45) is 2.28. The summed E-state index contributed by atoms with van der Waals surface area (Å²) >= 11 is 0. The maximum absolute atomic E-state index is 12.2. The van der Waals surface area contributed by atoms with Gasteiger partial charge in [-0.05, 0) is 13.3 Å². The minimum atomic E-state index is -0.0386. The normalized spacial score (nSPS) is 15.9. The quantitative estimate of drug-likeness (QED) is 0.820. The Morgan fingerprint density at radius 1 is 1.69 bits per heavy atom. The second-order valence-corrected chi connectivity index (χ2v) is 4.08. The number of aromatic nitrogens is 1. The van der Waals surface area contributed by atoms with Crippen LogP contribution >= 0.6 is 0 Å². The van der Waals surface area contributed by atoms with Crippen molar-refractivity contribution in [3.63, 3.8) is 0 Å². The highest BCUT2D eigenvalue weighted by atomic mass is 16.3. The fourth-order valence-electron chi connectivity index (χ4n) is 1.82. The molecule has 1 aromatic rings. The van der Waals surface area contributed by atoms with Crippen molar-refractivity contribution in [1.82, 2.24) is 15.2 Å². The predicted octanol–water partition coefficient (Wildman–Crippen LogP) is 0.807. The fraction of sp³-hybridized carbons (Fsp3) is 0.636. The average Bonchev–Trinajstić information content (AvgIpc) is 2.60. The molecule has 5 nitrogen and oxygen atoms in total. The van der Waals surface area contributed by atoms with E-state index in [-0.39, 0.29) is 5.91 Å². The molecule has 0 atom stereocenters. The first-order chi connectivity index (χ1) is 7.74. The van der Waals surface area contributed by atoms with Crippen molar-refractivity contribution in [3.05, 3.63) is 17.8 Å². The molecule has 88 valence electrons. The summed E-state index contributed by atoms with van der Waals surface area (Å²) in [7, 11) is 0. The molecule has 0 unspecified atom stereocenters. The monoisotopic (exact) mass is 223 g/mol. The molecule has 5 heteroatoms. The highest BCUT2D eigenvalue weighted by Gasteiger charge is 2.30. The average molecular weight is 223 g/mol. The Morgan fingerprint density at radius 2 is 2.44 bits per heavy atom. The van der Waals surface area contributed by atoms with Crippen molar-refractivity contribution >= 4 is 5.91 Å². The van der Waals surface area contributed by atoms with Crippen molar-refractivity contribution in [2.45, 2.75) is 26.3 Å². The summed E-state index contributed by atoms with van der Waals surface area (Å²) in [5.74, 6) is 0.337. The number of hydrogen-bond donors (Lipinski definition) is 1. The van der Waals surface area contributed by atoms with Crippen molar-refractivity contribution in [2.24, 2.45) is 0 Å². The van der Waals surface area contributed by atoms with Crippen LogP contribution in [0.3, 0.4) is 0 Å². The zero-order valence-corrected chi connectivity index (χ0v) is 9.69. The lowest BCUT2D eigenvalue weighted by Crippen LogP contribution is -2.59. The summed E-state index contributed by atoms with van der Waals surface area (Å²) in [6, 6.07) is 0.303. The Bertz CT molecular complexity index is 371. The first kappa shape index (κ1) is 11.1. The molecule has 1 saturated heterocycles. The van der Waals surface area contributed by atoms with Crippen LogP contribution < -0.4 is 5.32 Å². The molecule has 16 heavy (non-hydrogen) atoms. The third-order valence-electron chi connectivity index (χ3n) is 2.87. The third-order valence-corrected chi connectivity index (χ3v) is 2.87. The van der Waals surface area contributed by atoms with E-state index in [1.54, 1.807) is 6.92 Å². The second kappa shape index (κ2) is 4.65. The van der Waals surface area contributed by atoms with Gasteiger partial charge in [-0.25, -0.2) is 4.98 Å². The fourth-order valence-corrected chi connectivity index (χ4v) is 1.82. The molecule has 0 saturated carbocycles. The van der Waals surface area contributed by atoms with Gasteiger partial charge in [0.2, 0.25) is 5.76 Å². The zero-order valence-electron chi connectivity index (χ0n) is 9.69. The molecule has 0 aliphatic carbocycles. The Kier molecular flexibility index (Phi) is 3.24. The minimum absolute atomic E-state index is 0.0386. The van der Waals surface area contributed by atoms with E-state index in [0.717, 1.165) is 26.1 Å². The van der Waals surface area contributed by atoms with Crippen LogP contribution in [0.15, 0.2) is 10.8 Å². The van der Waals surface area contributed by atoms with E-state index in [0.29, 0.717) is 17.5 Å². The molecule has 1 amide bonds. The number of rotatable bonds is 4. The van der Waals surface area contributed by atoms with Crippen molar-refractivity contribution < 1.29 is 9.21 Å². The zero-order chi connectivity index (χ0) is 11.5. The summed E-state index contributed by atoms with van der Waals surface area (Å²) < 4.78 is 5.15. The molecule has 1 aromatic heterocycles. The Hall–Kier alpha value is -1.36. The van der Waals surface area contributed by atoms with Crippen LogP contribution in [0.2, 0.25) is 0 Å². The van der Waals surface area contributed by atoms with Crippen molar-refractivity contribution in [1.29, 1.82) is 0 Å². The van der Waals surface area contributed by atoms with Crippen LogP contribution in [-0.2, 0) is 0 Å². The van der Waals surface area contributed by atoms with Gasteiger partial charge in [0, 0.05) is 19.6 Å². The standard InChI is InChI=1S/C11H17N3O2/c1-3-4-14(9-5-12-6-9)11(15)10-8(2)13-7-16-10/h7,9,12H,3-6H2,1-2H3. The van der Waals surface area contributed by atoms with Crippen molar-refractivity contribution in [2.75, 3.05) is 19.6 Å². The smallest absolute Gasteiger partial charge is 0.291 e. The molecule has 0 aromatic carbocycles. The van der Waals surface area contributed by atoms with E-state index in [1.165, 1.54) is 6.39 Å². The van der Waals surface area contributed by atoms with E-state index in [2.05, 4.69) is 17.2 Å². The maximum atomic E-state index is 12.2. The first-order valence-corrected chi connectivity index (χ1v) is 5.65. The van der Waals surface area contributed by atoms with Gasteiger partial charge in [-0.15, -0.1) is 0 Å². The van der Waals surface area contributed by atoms with Gasteiger partial charge in [0.25, 0.3) is 5.91 Å². The lowest BCUT2D eigenvalue weighted by atomic mass is 10.1. The molecule has 2 rings (SSSR count). The van der Waals surface area contributed by atoms with Gasteiger partial charge in [0.1, 0.15) is 0 Å². The number of carbonyl (C=O) groups excluding carboxylic acids is 1. The maximum Gasteiger partial charge on any atom is 0.291 e. The molecule has 0 radical (unpaired) electrons. The van der Waals surface area contributed by atoms with Crippen LogP contribution in [0.4, 0.5) is 0 Å². The van der Waals surface area contributed by atoms with Crippen LogP contribution in [0, 0.1) is 6.92 Å². The summed E-state index contributed by atoms with van der Waals surface area (Å²) in [6.45, 7) is 6.38. The molecular weight excluding hydrogens is 206 g/mol. The van der Waals surface area contributed by atoms with Gasteiger partial charge in [-0.3, -0.25) is 4.79 Å². The van der Waals surface area contributed by atoms with Gasteiger partial charge in [-0.1, -0.05) is 6.92 Å². The first-order valence-electron chi connectivity index (χ1n) is 5.65. The Balaban J connectivity index is 2.13. The predicted molar refractivity (Wildman–Crippen MR) is 59.2 cm³/mol. The van der Waals surface area contributed by atoms with E-state index in [1.807, 2.05) is 4.90 Å². The number of hydrogen-bond acceptors (Lipinski definition) is 4. The van der Waals surface area contributed by atoms with Gasteiger partial charge >= 0.3 is 0 Å². The van der Waals surface area contributed by atoms with Crippen LogP contribution in [-0.4, -0.2) is 41.5 Å². The molecule has 0 spiro atoms. The molecule has 0 bridgehead atoms. The summed E-state index contributed by atoms with van der Waals surface area (Å²) in [5, 5.41) is 3.17. The second-order valence-electron chi connectivity index (χ2n) is 4.08. The Labute approximate surface area is 94.8 Å². The minimum Gasteiger partial charge on any atom is -0.438 e. The lowest BCUT2D eigenvalue weighted by Gasteiger charge is -2.37. The van der Waals surface area contributed by atoms with Crippen LogP contribution in [0.5, 0.6) is 0 Å². The van der Waals surface area contributed by atoms with Crippen molar-refractivity contribution in [3.8, 4) is 0 Å². The van der Waals surface area contributed by atoms with Crippen LogP contribution in [0.25, 0.3) is 0 Å². The van der Waals surface area contributed by atoms with Gasteiger partial charge in [-0.2, -0.15) is 0 Å². The van der Waals surface area contributed by atoms with Gasteiger partial charge in [0.15, 0.2) is 6.39 Å². The number of carbonyl (C=O) groups is 1. The van der Waals surface area contributed by atoms with Crippen LogP contribution in [0.1, 0.15) is 29.6 Å². The molecule has 1 fully saturated rings. The highest BCUT2D eigenvalue weighted by molar-refractivity contribution is 5.92. The molecular formula is C11H17N3O2. The highest BCUT2D eigenvalue weighted by Crippen LogP contribution is 2.14. The Morgan fingerprint density at radius 3 is 2.88 bits per heavy atom. The SMILES string of the molecule is CCCN(C(=O)c1ocnc1C)C1CNC1. The number of aryl methyl sites for hydroxylation is 1. The summed E-state index contributed by atoms with van der Waals surface area (Å²) in [5.41, 5.74) is 0.665.